The first kappa shape index (κ1) is 10.9. The Hall–Kier alpha value is -0.123. The zero-order valence-corrected chi connectivity index (χ0v) is 9.07. The Morgan fingerprint density at radius 2 is 1.91 bits per heavy atom. The standard InChI is InChI=1S/C8H20N2Si/c1-6-8(3)11(7-2,9-4)10-5/h7-10H,2,6H2,1,3-5H3. The molecule has 0 spiro atoms. The van der Waals surface area contributed by atoms with Crippen LogP contribution in [0.2, 0.25) is 5.54 Å². The van der Waals surface area contributed by atoms with Crippen LogP contribution in [0.15, 0.2) is 12.3 Å². The zero-order chi connectivity index (χ0) is 8.91. The molecule has 1 unspecified atom stereocenters. The van der Waals surface area contributed by atoms with Crippen LogP contribution in [0.5, 0.6) is 0 Å². The molecule has 0 fully saturated rings. The van der Waals surface area contributed by atoms with Gasteiger partial charge in [-0.25, -0.2) is 0 Å². The van der Waals surface area contributed by atoms with Crippen molar-refractivity contribution in [3.63, 3.8) is 0 Å². The predicted molar refractivity (Wildman–Crippen MR) is 53.8 cm³/mol. The number of nitrogens with one attached hydrogen (secondary N) is 2. The summed E-state index contributed by atoms with van der Waals surface area (Å²) in [4.78, 5) is 6.75. The molecule has 0 aromatic carbocycles. The molecule has 3 heteroatoms. The Morgan fingerprint density at radius 3 is 2.00 bits per heavy atom. The second-order valence-corrected chi connectivity index (χ2v) is 7.01. The van der Waals surface area contributed by atoms with Gasteiger partial charge in [-0.1, -0.05) is 26.0 Å². The molecular weight excluding hydrogens is 152 g/mol. The largest absolute Gasteiger partial charge is 0.325 e. The van der Waals surface area contributed by atoms with Crippen LogP contribution in [0.1, 0.15) is 20.3 Å². The molecule has 0 aromatic heterocycles. The molecular formula is C8H20N2Si. The van der Waals surface area contributed by atoms with E-state index < -0.39 is 8.40 Å². The minimum absolute atomic E-state index is 0.690. The Balaban J connectivity index is 4.38. The van der Waals surface area contributed by atoms with Crippen LogP contribution in [-0.4, -0.2) is 22.5 Å². The van der Waals surface area contributed by atoms with Crippen molar-refractivity contribution in [2.75, 3.05) is 14.1 Å². The number of rotatable bonds is 5. The summed E-state index contributed by atoms with van der Waals surface area (Å²) >= 11 is 0. The van der Waals surface area contributed by atoms with Crippen LogP contribution >= 0.6 is 0 Å². The van der Waals surface area contributed by atoms with Crippen molar-refractivity contribution in [1.29, 1.82) is 0 Å². The first-order chi connectivity index (χ1) is 5.16. The molecule has 2 N–H and O–H groups in total. The van der Waals surface area contributed by atoms with E-state index in [9.17, 15) is 0 Å². The summed E-state index contributed by atoms with van der Waals surface area (Å²) in [7, 11) is 2.46. The molecule has 66 valence electrons. The molecule has 0 aliphatic rings. The molecule has 0 heterocycles. The number of hydrogen-bond acceptors (Lipinski definition) is 2. The first-order valence-electron chi connectivity index (χ1n) is 4.18. The third kappa shape index (κ3) is 2.15. The third-order valence-corrected chi connectivity index (χ3v) is 6.80. The summed E-state index contributed by atoms with van der Waals surface area (Å²) in [5.74, 6) is 0. The quantitative estimate of drug-likeness (QED) is 0.613. The summed E-state index contributed by atoms with van der Waals surface area (Å²) in [5.41, 5.74) is 2.76. The summed E-state index contributed by atoms with van der Waals surface area (Å²) in [6.45, 7) is 8.36. The number of hydrogen-bond donors (Lipinski definition) is 2. The van der Waals surface area contributed by atoms with Gasteiger partial charge in [0.1, 0.15) is 0 Å². The molecule has 1 atom stereocenters. The zero-order valence-electron chi connectivity index (χ0n) is 8.07. The van der Waals surface area contributed by atoms with Gasteiger partial charge in [0.05, 0.1) is 0 Å². The van der Waals surface area contributed by atoms with Crippen molar-refractivity contribution < 1.29 is 0 Å². The summed E-state index contributed by atoms with van der Waals surface area (Å²) in [6.07, 6.45) is 1.19. The van der Waals surface area contributed by atoms with E-state index in [-0.39, 0.29) is 0 Å². The van der Waals surface area contributed by atoms with Gasteiger partial charge >= 0.3 is 0 Å². The van der Waals surface area contributed by atoms with Crippen LogP contribution in [0.4, 0.5) is 0 Å². The minimum atomic E-state index is -1.56. The van der Waals surface area contributed by atoms with E-state index >= 15 is 0 Å². The van der Waals surface area contributed by atoms with E-state index in [0.29, 0.717) is 5.54 Å². The van der Waals surface area contributed by atoms with E-state index in [1.54, 1.807) is 0 Å². The highest BCUT2D eigenvalue weighted by Crippen LogP contribution is 2.19. The van der Waals surface area contributed by atoms with Crippen molar-refractivity contribution in [3.05, 3.63) is 12.3 Å². The Labute approximate surface area is 71.2 Å². The van der Waals surface area contributed by atoms with Crippen molar-refractivity contribution in [3.8, 4) is 0 Å². The lowest BCUT2D eigenvalue weighted by atomic mass is 10.4. The van der Waals surface area contributed by atoms with Gasteiger partial charge in [0.25, 0.3) is 0 Å². The molecule has 0 aromatic rings. The van der Waals surface area contributed by atoms with Crippen LogP contribution in [0.25, 0.3) is 0 Å². The molecule has 2 nitrogen and oxygen atoms in total. The molecule has 0 amide bonds. The lowest BCUT2D eigenvalue weighted by molar-refractivity contribution is 0.789. The van der Waals surface area contributed by atoms with E-state index in [4.69, 9.17) is 0 Å². The fourth-order valence-electron chi connectivity index (χ4n) is 1.35. The Kier molecular flexibility index (Phi) is 4.64. The van der Waals surface area contributed by atoms with Crippen LogP contribution in [-0.2, 0) is 0 Å². The molecule has 0 bridgehead atoms. The van der Waals surface area contributed by atoms with Crippen LogP contribution in [0.3, 0.4) is 0 Å². The summed E-state index contributed by atoms with van der Waals surface area (Å²) in [5, 5.41) is 0. The SMILES string of the molecule is C=C[Si](NC)(NC)C(C)CC. The second kappa shape index (κ2) is 4.69. The van der Waals surface area contributed by atoms with Crippen molar-refractivity contribution in [2.24, 2.45) is 0 Å². The van der Waals surface area contributed by atoms with Gasteiger partial charge in [0.2, 0.25) is 8.40 Å². The maximum absolute atomic E-state index is 3.88. The highest BCUT2D eigenvalue weighted by Gasteiger charge is 2.32. The lowest BCUT2D eigenvalue weighted by Gasteiger charge is -2.32. The lowest BCUT2D eigenvalue weighted by Crippen LogP contribution is -2.61. The summed E-state index contributed by atoms with van der Waals surface area (Å²) < 4.78 is 0. The van der Waals surface area contributed by atoms with Gasteiger partial charge in [-0.3, -0.25) is 0 Å². The van der Waals surface area contributed by atoms with Crippen LogP contribution < -0.4 is 9.96 Å². The molecule has 11 heavy (non-hydrogen) atoms. The monoisotopic (exact) mass is 172 g/mol. The van der Waals surface area contributed by atoms with Gasteiger partial charge in [-0.05, 0) is 19.6 Å². The van der Waals surface area contributed by atoms with Crippen molar-refractivity contribution in [2.45, 2.75) is 25.8 Å². The fraction of sp³-hybridized carbons (Fsp3) is 0.750. The average Bonchev–Trinajstić information content (AvgIpc) is 2.08. The predicted octanol–water partition coefficient (Wildman–Crippen LogP) is 1.39. The summed E-state index contributed by atoms with van der Waals surface area (Å²) in [6, 6.07) is 0. The second-order valence-electron chi connectivity index (χ2n) is 2.88. The molecule has 0 saturated carbocycles. The van der Waals surface area contributed by atoms with Gasteiger partial charge in [0.15, 0.2) is 0 Å². The highest BCUT2D eigenvalue weighted by molar-refractivity contribution is 6.81. The topological polar surface area (TPSA) is 24.1 Å². The van der Waals surface area contributed by atoms with Crippen LogP contribution in [0, 0.1) is 0 Å². The van der Waals surface area contributed by atoms with Crippen molar-refractivity contribution >= 4 is 8.40 Å². The normalized spacial score (nSPS) is 14.5. The molecule has 0 radical (unpaired) electrons. The first-order valence-corrected chi connectivity index (χ1v) is 6.33. The van der Waals surface area contributed by atoms with Gasteiger partial charge < -0.3 is 9.96 Å². The van der Waals surface area contributed by atoms with E-state index in [1.165, 1.54) is 6.42 Å². The molecule has 0 aliphatic heterocycles. The van der Waals surface area contributed by atoms with E-state index in [0.717, 1.165) is 0 Å². The maximum atomic E-state index is 3.88. The van der Waals surface area contributed by atoms with Gasteiger partial charge in [-0.2, -0.15) is 0 Å². The smallest absolute Gasteiger partial charge is 0.228 e. The highest BCUT2D eigenvalue weighted by atomic mass is 28.3. The van der Waals surface area contributed by atoms with Gasteiger partial charge in [0, 0.05) is 0 Å². The average molecular weight is 172 g/mol. The Morgan fingerprint density at radius 1 is 1.45 bits per heavy atom. The van der Waals surface area contributed by atoms with E-state index in [1.807, 2.05) is 14.1 Å². The minimum Gasteiger partial charge on any atom is -0.325 e. The Bertz CT molecular complexity index is 121. The molecule has 0 saturated heterocycles. The fourth-order valence-corrected chi connectivity index (χ4v) is 4.04. The third-order valence-electron chi connectivity index (χ3n) is 2.54. The maximum Gasteiger partial charge on any atom is 0.228 e. The van der Waals surface area contributed by atoms with Crippen molar-refractivity contribution in [1.82, 2.24) is 9.96 Å². The van der Waals surface area contributed by atoms with Gasteiger partial charge in [-0.15, -0.1) is 6.58 Å². The van der Waals surface area contributed by atoms with E-state index in [2.05, 4.69) is 36.1 Å². The molecule has 0 rings (SSSR count). The molecule has 0 aliphatic carbocycles.